The Kier molecular flexibility index (Phi) is 9.34. The predicted octanol–water partition coefficient (Wildman–Crippen LogP) is 11.2. The van der Waals surface area contributed by atoms with E-state index >= 15 is 0 Å². The molecule has 0 atom stereocenters. The van der Waals surface area contributed by atoms with Gasteiger partial charge < -0.3 is 9.55 Å². The van der Waals surface area contributed by atoms with Crippen molar-refractivity contribution in [2.24, 2.45) is 0 Å². The van der Waals surface area contributed by atoms with Gasteiger partial charge in [0.2, 0.25) is 6.71 Å². The van der Waals surface area contributed by atoms with Gasteiger partial charge in [-0.1, -0.05) is 133 Å². The van der Waals surface area contributed by atoms with Crippen molar-refractivity contribution >= 4 is 68.4 Å². The maximum absolute atomic E-state index is 7.23. The summed E-state index contributed by atoms with van der Waals surface area (Å²) in [6.07, 6.45) is 1.39. The molecule has 3 nitrogen and oxygen atoms in total. The first-order valence-corrected chi connectivity index (χ1v) is 20.7. The summed E-state index contributed by atoms with van der Waals surface area (Å²) < 4.78 is 24.1. The summed E-state index contributed by atoms with van der Waals surface area (Å²) in [5.41, 5.74) is 11.6. The van der Waals surface area contributed by atoms with Gasteiger partial charge in [0.25, 0.3) is 0 Å². The van der Waals surface area contributed by atoms with Crippen LogP contribution in [0.4, 0.5) is 0 Å². The van der Waals surface area contributed by atoms with Crippen LogP contribution in [0.25, 0.3) is 50.1 Å². The maximum atomic E-state index is 7.23. The van der Waals surface area contributed by atoms with Crippen LogP contribution in [0.5, 0.6) is 0 Å². The second kappa shape index (κ2) is 15.5. The Balaban J connectivity index is 0.000000237. The molecule has 0 unspecified atom stereocenters. The molecule has 9 aromatic rings. The van der Waals surface area contributed by atoms with Gasteiger partial charge in [0.15, 0.2) is 0 Å². The number of imidazole rings is 1. The summed E-state index contributed by atoms with van der Waals surface area (Å²) in [7, 11) is 0. The van der Waals surface area contributed by atoms with Crippen molar-refractivity contribution < 1.29 is 24.2 Å². The third-order valence-electron chi connectivity index (χ3n) is 10.7. The summed E-state index contributed by atoms with van der Waals surface area (Å²) in [5.74, 6) is 0.940. The third-order valence-corrected chi connectivity index (χ3v) is 13.1. The standard InChI is InChI=1S/C39H28BN2S2.C12H10N.Ir/c1-39(2,3)27-15-6-8-18-31(27)42-36-25-13-5-4-12-24(25)22-23-30(36)41-38(42)26-14-10-17-29-37(26)44-34-21-11-20-33-35(34)40(29)28-16-7-9-19-32(28)43-33;1-10-7-8-12(13-9-10)11-5-3-2-4-6-11;/h4-13,15-23H,1-3H3;2-5,7-9H,1H3;/q2*-1;/i;1D3;. The minimum absolute atomic E-state index is 0. The quantitative estimate of drug-likeness (QED) is 0.130. The normalized spacial score (nSPS) is 13.5. The van der Waals surface area contributed by atoms with Crippen LogP contribution >= 0.6 is 23.5 Å². The molecule has 11 rings (SSSR count). The fourth-order valence-corrected chi connectivity index (χ4v) is 10.7. The smallest absolute Gasteiger partial charge is 0.228 e. The molecular weight excluding hydrogens is 922 g/mol. The summed E-state index contributed by atoms with van der Waals surface area (Å²) in [6.45, 7) is 4.97. The van der Waals surface area contributed by atoms with Gasteiger partial charge in [0.1, 0.15) is 0 Å². The van der Waals surface area contributed by atoms with Gasteiger partial charge in [0, 0.05) is 51.3 Å². The number of para-hydroxylation sites is 1. The van der Waals surface area contributed by atoms with Crippen molar-refractivity contribution in [3.05, 3.63) is 181 Å². The molecule has 0 bridgehead atoms. The Morgan fingerprint density at radius 1 is 0.690 bits per heavy atom. The SMILES string of the molecule is CC(C)(C)c1ccccc1-n1c(-c2[c-]ccc3c2Sc2cccc4c2B3c2ccccc2S4)nc2ccc3ccccc3c21.[2H]C([2H])([2H])c1ccc(-c2[c-]cccc2)nc1.[Ir]. The molecule has 1 radical (unpaired) electrons. The van der Waals surface area contributed by atoms with E-state index in [1.165, 1.54) is 64.2 Å². The van der Waals surface area contributed by atoms with Crippen LogP contribution in [0.2, 0.25) is 0 Å². The minimum Gasteiger partial charge on any atom is -0.332 e. The fraction of sp³-hybridized carbons (Fsp3) is 0.0980. The van der Waals surface area contributed by atoms with Gasteiger partial charge in [-0.2, -0.15) is 0 Å². The van der Waals surface area contributed by atoms with Crippen LogP contribution in [0.1, 0.15) is 36.0 Å². The van der Waals surface area contributed by atoms with Crippen molar-refractivity contribution in [3.8, 4) is 28.3 Å². The summed E-state index contributed by atoms with van der Waals surface area (Å²) in [6, 6.07) is 59.4. The van der Waals surface area contributed by atoms with Crippen LogP contribution in [0, 0.1) is 19.0 Å². The first-order chi connectivity index (χ1) is 29.0. The zero-order valence-corrected chi connectivity index (χ0v) is 36.1. The number of hydrogen-bond donors (Lipinski definition) is 0. The molecule has 0 saturated carbocycles. The summed E-state index contributed by atoms with van der Waals surface area (Å²) in [4.78, 5) is 14.8. The van der Waals surface area contributed by atoms with E-state index in [2.05, 4.69) is 158 Å². The molecular formula is C51H38BIrN3S2-2. The van der Waals surface area contributed by atoms with Crippen LogP contribution in [-0.2, 0) is 25.5 Å². The molecule has 0 spiro atoms. The minimum atomic E-state index is -2.09. The maximum Gasteiger partial charge on any atom is 0.228 e. The Morgan fingerprint density at radius 2 is 1.47 bits per heavy atom. The van der Waals surface area contributed by atoms with E-state index in [1.54, 1.807) is 18.2 Å². The van der Waals surface area contributed by atoms with Crippen molar-refractivity contribution in [3.63, 3.8) is 0 Å². The monoisotopic (exact) mass is 963 g/mol. The van der Waals surface area contributed by atoms with Gasteiger partial charge in [-0.05, 0) is 75.2 Å². The van der Waals surface area contributed by atoms with E-state index in [4.69, 9.17) is 9.10 Å². The van der Waals surface area contributed by atoms with Crippen LogP contribution in [0.3, 0.4) is 0 Å². The van der Waals surface area contributed by atoms with E-state index in [1.807, 2.05) is 41.7 Å². The van der Waals surface area contributed by atoms with Gasteiger partial charge in [-0.3, -0.25) is 4.98 Å². The Labute approximate surface area is 367 Å². The topological polar surface area (TPSA) is 30.7 Å². The average Bonchev–Trinajstić information content (AvgIpc) is 3.66. The van der Waals surface area contributed by atoms with Crippen molar-refractivity contribution in [2.75, 3.05) is 0 Å². The molecule has 7 heteroatoms. The van der Waals surface area contributed by atoms with Crippen molar-refractivity contribution in [2.45, 2.75) is 52.6 Å². The largest absolute Gasteiger partial charge is 0.332 e. The van der Waals surface area contributed by atoms with E-state index < -0.39 is 6.85 Å². The van der Waals surface area contributed by atoms with Gasteiger partial charge >= 0.3 is 0 Å². The Bertz CT molecular complexity index is 3090. The van der Waals surface area contributed by atoms with Crippen molar-refractivity contribution in [1.82, 2.24) is 14.5 Å². The Morgan fingerprint density at radius 3 is 2.28 bits per heavy atom. The molecule has 0 N–H and O–H groups in total. The fourth-order valence-electron chi connectivity index (χ4n) is 8.16. The van der Waals surface area contributed by atoms with Crippen LogP contribution < -0.4 is 16.4 Å². The van der Waals surface area contributed by atoms with Gasteiger partial charge in [-0.15, -0.1) is 71.3 Å². The van der Waals surface area contributed by atoms with Crippen molar-refractivity contribution in [1.29, 1.82) is 0 Å². The molecule has 2 aliphatic heterocycles. The molecule has 0 fully saturated rings. The molecule has 2 aliphatic rings. The van der Waals surface area contributed by atoms with E-state index in [-0.39, 0.29) is 37.8 Å². The second-order valence-corrected chi connectivity index (χ2v) is 17.5. The first-order valence-electron chi connectivity index (χ1n) is 20.6. The van der Waals surface area contributed by atoms with Crippen LogP contribution in [0.15, 0.2) is 177 Å². The summed E-state index contributed by atoms with van der Waals surface area (Å²) >= 11 is 3.77. The Hall–Kier alpha value is -5.17. The molecule has 58 heavy (non-hydrogen) atoms. The number of rotatable bonds is 3. The number of aromatic nitrogens is 3. The first kappa shape index (κ1) is 34.8. The number of benzene rings is 7. The molecule has 283 valence electrons. The van der Waals surface area contributed by atoms with Gasteiger partial charge in [-0.25, -0.2) is 0 Å². The van der Waals surface area contributed by atoms with E-state index in [0.29, 0.717) is 0 Å². The summed E-state index contributed by atoms with van der Waals surface area (Å²) in [5, 5.41) is 2.42. The van der Waals surface area contributed by atoms with Gasteiger partial charge in [0.05, 0.1) is 16.9 Å². The number of pyridine rings is 1. The zero-order chi connectivity index (χ0) is 41.2. The zero-order valence-electron chi connectivity index (χ0n) is 35.1. The number of nitrogens with zero attached hydrogens (tertiary/aromatic N) is 3. The molecule has 4 heterocycles. The third kappa shape index (κ3) is 6.74. The molecule has 2 aromatic heterocycles. The second-order valence-electron chi connectivity index (χ2n) is 15.4. The predicted molar refractivity (Wildman–Crippen MR) is 241 cm³/mol. The molecule has 0 amide bonds. The number of aryl methyl sites for hydroxylation is 1. The van der Waals surface area contributed by atoms with E-state index in [9.17, 15) is 0 Å². The molecule has 0 aliphatic carbocycles. The number of hydrogen-bond acceptors (Lipinski definition) is 4. The van der Waals surface area contributed by atoms with Crippen LogP contribution in [-0.4, -0.2) is 21.2 Å². The average molecular weight is 963 g/mol. The number of fused-ring (bicyclic) bond motifs is 7. The molecule has 0 saturated heterocycles. The van der Waals surface area contributed by atoms with E-state index in [0.717, 1.165) is 33.7 Å². The molecule has 7 aromatic carbocycles.